The second-order valence-electron chi connectivity index (χ2n) is 5.35. The van der Waals surface area contributed by atoms with Crippen LogP contribution >= 0.6 is 0 Å². The smallest absolute Gasteiger partial charge is 0.408 e. The lowest BCUT2D eigenvalue weighted by atomic mass is 10.1. The number of hydrogen-bond acceptors (Lipinski definition) is 3. The summed E-state index contributed by atoms with van der Waals surface area (Å²) in [6.45, 7) is 5.37. The van der Waals surface area contributed by atoms with Crippen molar-refractivity contribution in [3.8, 4) is 6.07 Å². The van der Waals surface area contributed by atoms with Gasteiger partial charge in [0.05, 0.1) is 6.07 Å². The molecule has 0 aliphatic heterocycles. The van der Waals surface area contributed by atoms with Gasteiger partial charge in [0, 0.05) is 0 Å². The van der Waals surface area contributed by atoms with Gasteiger partial charge in [0.25, 0.3) is 0 Å². The van der Waals surface area contributed by atoms with E-state index in [0.29, 0.717) is 6.42 Å². The number of alkyl carbamates (subject to hydrolysis) is 1. The number of rotatable bonds is 4. The monoisotopic (exact) mass is 260 g/mol. The van der Waals surface area contributed by atoms with E-state index in [1.807, 2.05) is 30.3 Å². The molecule has 4 heteroatoms. The minimum Gasteiger partial charge on any atom is -0.444 e. The Morgan fingerprint density at radius 2 is 2.00 bits per heavy atom. The van der Waals surface area contributed by atoms with Crippen LogP contribution in [0.25, 0.3) is 0 Å². The lowest BCUT2D eigenvalue weighted by molar-refractivity contribution is 0.0514. The van der Waals surface area contributed by atoms with Gasteiger partial charge in [-0.05, 0) is 39.2 Å². The maximum atomic E-state index is 11.6. The molecule has 0 radical (unpaired) electrons. The lowest BCUT2D eigenvalue weighted by Gasteiger charge is -2.21. The number of nitrogens with one attached hydrogen (secondary N) is 1. The molecule has 0 spiro atoms. The Morgan fingerprint density at radius 3 is 2.53 bits per heavy atom. The summed E-state index contributed by atoms with van der Waals surface area (Å²) in [4.78, 5) is 11.6. The molecule has 0 bridgehead atoms. The first-order valence-corrected chi connectivity index (χ1v) is 6.34. The molecule has 1 N–H and O–H groups in total. The molecule has 0 unspecified atom stereocenters. The highest BCUT2D eigenvalue weighted by Gasteiger charge is 2.19. The van der Waals surface area contributed by atoms with Crippen molar-refractivity contribution in [2.75, 3.05) is 0 Å². The first kappa shape index (κ1) is 15.0. The van der Waals surface area contributed by atoms with Crippen molar-refractivity contribution in [3.05, 3.63) is 35.9 Å². The zero-order valence-electron chi connectivity index (χ0n) is 11.6. The number of ether oxygens (including phenoxy) is 1. The lowest BCUT2D eigenvalue weighted by Crippen LogP contribution is -2.38. The van der Waals surface area contributed by atoms with E-state index in [-0.39, 0.29) is 0 Å². The van der Waals surface area contributed by atoms with Crippen molar-refractivity contribution < 1.29 is 9.53 Å². The highest BCUT2D eigenvalue weighted by molar-refractivity contribution is 5.68. The molecule has 0 aliphatic rings. The fraction of sp³-hybridized carbons (Fsp3) is 0.467. The summed E-state index contributed by atoms with van der Waals surface area (Å²) in [7, 11) is 0. The third kappa shape index (κ3) is 6.46. The molecule has 19 heavy (non-hydrogen) atoms. The molecule has 1 amide bonds. The normalized spacial score (nSPS) is 12.3. The molecule has 0 aliphatic carbocycles. The number of nitrogens with zero attached hydrogens (tertiary/aromatic N) is 1. The molecule has 4 nitrogen and oxygen atoms in total. The average Bonchev–Trinajstić information content (AvgIpc) is 2.33. The third-order valence-corrected chi connectivity index (χ3v) is 2.41. The van der Waals surface area contributed by atoms with Crippen LogP contribution in [0.4, 0.5) is 4.79 Å². The number of nitriles is 1. The second-order valence-corrected chi connectivity index (χ2v) is 5.35. The van der Waals surface area contributed by atoms with E-state index >= 15 is 0 Å². The summed E-state index contributed by atoms with van der Waals surface area (Å²) < 4.78 is 5.12. The Kier molecular flexibility index (Phi) is 5.37. The first-order chi connectivity index (χ1) is 8.90. The molecular formula is C15H20N2O2. The van der Waals surface area contributed by atoms with Gasteiger partial charge in [-0.15, -0.1) is 0 Å². The van der Waals surface area contributed by atoms with Crippen LogP contribution in [0.2, 0.25) is 0 Å². The predicted molar refractivity (Wildman–Crippen MR) is 73.5 cm³/mol. The standard InChI is InChI=1S/C15H20N2O2/c1-15(2,3)19-14(18)17-13(11-16)10-9-12-7-5-4-6-8-12/h4-8,13H,9-10H2,1-3H3,(H,17,18)/t13-/m1/s1. The van der Waals surface area contributed by atoms with Gasteiger partial charge in [-0.3, -0.25) is 0 Å². The van der Waals surface area contributed by atoms with Crippen molar-refractivity contribution in [1.29, 1.82) is 5.26 Å². The summed E-state index contributed by atoms with van der Waals surface area (Å²) >= 11 is 0. The Balaban J connectivity index is 2.43. The molecule has 102 valence electrons. The van der Waals surface area contributed by atoms with Gasteiger partial charge in [0.1, 0.15) is 11.6 Å². The van der Waals surface area contributed by atoms with Gasteiger partial charge in [-0.25, -0.2) is 4.79 Å². The van der Waals surface area contributed by atoms with Gasteiger partial charge in [-0.2, -0.15) is 5.26 Å². The topological polar surface area (TPSA) is 62.1 Å². The Hall–Kier alpha value is -2.02. The van der Waals surface area contributed by atoms with E-state index in [4.69, 9.17) is 10.00 Å². The van der Waals surface area contributed by atoms with E-state index in [1.54, 1.807) is 20.8 Å². The van der Waals surface area contributed by atoms with Crippen LogP contribution in [0.15, 0.2) is 30.3 Å². The van der Waals surface area contributed by atoms with Crippen molar-refractivity contribution in [1.82, 2.24) is 5.32 Å². The van der Waals surface area contributed by atoms with Crippen LogP contribution in [0.3, 0.4) is 0 Å². The molecule has 1 rings (SSSR count). The highest BCUT2D eigenvalue weighted by atomic mass is 16.6. The largest absolute Gasteiger partial charge is 0.444 e. The summed E-state index contributed by atoms with van der Waals surface area (Å²) in [5.74, 6) is 0. The second kappa shape index (κ2) is 6.79. The van der Waals surface area contributed by atoms with Gasteiger partial charge in [0.2, 0.25) is 0 Å². The number of amides is 1. The van der Waals surface area contributed by atoms with Gasteiger partial charge in [-0.1, -0.05) is 30.3 Å². The van der Waals surface area contributed by atoms with Crippen molar-refractivity contribution in [3.63, 3.8) is 0 Å². The third-order valence-electron chi connectivity index (χ3n) is 2.41. The van der Waals surface area contributed by atoms with Gasteiger partial charge >= 0.3 is 6.09 Å². The molecule has 0 fully saturated rings. The molecule has 1 aromatic carbocycles. The molecular weight excluding hydrogens is 240 g/mol. The van der Waals surface area contributed by atoms with Crippen molar-refractivity contribution >= 4 is 6.09 Å². The molecule has 0 saturated heterocycles. The molecule has 0 aromatic heterocycles. The minimum atomic E-state index is -0.552. The number of hydrogen-bond donors (Lipinski definition) is 1. The van der Waals surface area contributed by atoms with E-state index < -0.39 is 17.7 Å². The van der Waals surface area contributed by atoms with Crippen LogP contribution in [0.1, 0.15) is 32.8 Å². The maximum Gasteiger partial charge on any atom is 0.408 e. The van der Waals surface area contributed by atoms with Crippen LogP contribution in [-0.2, 0) is 11.2 Å². The fourth-order valence-corrected chi connectivity index (χ4v) is 1.57. The zero-order chi connectivity index (χ0) is 14.3. The summed E-state index contributed by atoms with van der Waals surface area (Å²) in [5, 5.41) is 11.6. The quantitative estimate of drug-likeness (QED) is 0.905. The number of aryl methyl sites for hydroxylation is 1. The summed E-state index contributed by atoms with van der Waals surface area (Å²) in [6, 6.07) is 11.4. The van der Waals surface area contributed by atoms with Crippen LogP contribution in [0, 0.1) is 11.3 Å². The van der Waals surface area contributed by atoms with Gasteiger partial charge in [0.15, 0.2) is 0 Å². The van der Waals surface area contributed by atoms with Gasteiger partial charge < -0.3 is 10.1 Å². The van der Waals surface area contributed by atoms with Crippen molar-refractivity contribution in [2.45, 2.75) is 45.3 Å². The SMILES string of the molecule is CC(C)(C)OC(=O)N[C@@H](C#N)CCc1ccccc1. The Morgan fingerprint density at radius 1 is 1.37 bits per heavy atom. The Bertz CT molecular complexity index is 443. The van der Waals surface area contributed by atoms with Crippen LogP contribution in [0.5, 0.6) is 0 Å². The number of carbonyl (C=O) groups is 1. The van der Waals surface area contributed by atoms with Crippen LogP contribution < -0.4 is 5.32 Å². The maximum absolute atomic E-state index is 11.6. The molecule has 1 atom stereocenters. The van der Waals surface area contributed by atoms with Crippen molar-refractivity contribution in [2.24, 2.45) is 0 Å². The van der Waals surface area contributed by atoms with E-state index in [1.165, 1.54) is 0 Å². The van der Waals surface area contributed by atoms with E-state index in [0.717, 1.165) is 12.0 Å². The average molecular weight is 260 g/mol. The molecule has 0 saturated carbocycles. The zero-order valence-corrected chi connectivity index (χ0v) is 11.6. The van der Waals surface area contributed by atoms with E-state index in [2.05, 4.69) is 11.4 Å². The van der Waals surface area contributed by atoms with E-state index in [9.17, 15) is 4.79 Å². The fourth-order valence-electron chi connectivity index (χ4n) is 1.57. The molecule has 1 aromatic rings. The van der Waals surface area contributed by atoms with Crippen LogP contribution in [-0.4, -0.2) is 17.7 Å². The predicted octanol–water partition coefficient (Wildman–Crippen LogP) is 3.04. The highest BCUT2D eigenvalue weighted by Crippen LogP contribution is 2.08. The Labute approximate surface area is 114 Å². The molecule has 0 heterocycles. The number of carbonyl (C=O) groups excluding carboxylic acids is 1. The summed E-state index contributed by atoms with van der Waals surface area (Å²) in [6.07, 6.45) is 0.765. The number of benzene rings is 1. The minimum absolute atomic E-state index is 0.532. The summed E-state index contributed by atoms with van der Waals surface area (Å²) in [5.41, 5.74) is 0.595. The first-order valence-electron chi connectivity index (χ1n) is 6.34.